The number of para-hydroxylation sites is 2. The Balaban J connectivity index is 2.04. The third-order valence-corrected chi connectivity index (χ3v) is 2.42. The smallest absolute Gasteiger partial charge is 0.404 e. The molecule has 0 aliphatic heterocycles. The molecule has 0 aliphatic rings. The number of hydrogen-bond acceptors (Lipinski definition) is 4. The summed E-state index contributed by atoms with van der Waals surface area (Å²) in [6.45, 7) is 0.693. The lowest BCUT2D eigenvalue weighted by molar-refractivity contribution is 0.161. The summed E-state index contributed by atoms with van der Waals surface area (Å²) < 4.78 is 6.56. The number of ether oxygens (including phenoxy) is 1. The maximum Gasteiger partial charge on any atom is 0.404 e. The second-order valence-electron chi connectivity index (χ2n) is 3.58. The van der Waals surface area contributed by atoms with Crippen LogP contribution in [0.4, 0.5) is 10.7 Å². The number of benzene rings is 1. The van der Waals surface area contributed by atoms with Gasteiger partial charge in [-0.2, -0.15) is 0 Å². The van der Waals surface area contributed by atoms with E-state index < -0.39 is 6.09 Å². The van der Waals surface area contributed by atoms with Crippen molar-refractivity contribution in [3.05, 3.63) is 24.3 Å². The zero-order chi connectivity index (χ0) is 12.3. The Kier molecular flexibility index (Phi) is 3.13. The number of amides is 1. The number of carbonyl (C=O) groups is 1. The van der Waals surface area contributed by atoms with Crippen LogP contribution in [-0.2, 0) is 11.8 Å². The number of rotatable bonds is 4. The number of aryl methyl sites for hydroxylation is 1. The van der Waals surface area contributed by atoms with Crippen LogP contribution >= 0.6 is 0 Å². The van der Waals surface area contributed by atoms with E-state index >= 15 is 0 Å². The number of aromatic nitrogens is 2. The fourth-order valence-electron chi connectivity index (χ4n) is 1.62. The van der Waals surface area contributed by atoms with E-state index in [2.05, 4.69) is 15.0 Å². The van der Waals surface area contributed by atoms with Crippen LogP contribution in [0, 0.1) is 0 Å². The molecule has 17 heavy (non-hydrogen) atoms. The Hall–Kier alpha value is -2.24. The average molecular weight is 234 g/mol. The fourth-order valence-corrected chi connectivity index (χ4v) is 1.62. The van der Waals surface area contributed by atoms with Gasteiger partial charge in [0, 0.05) is 7.05 Å². The van der Waals surface area contributed by atoms with Gasteiger partial charge in [-0.25, -0.2) is 9.78 Å². The van der Waals surface area contributed by atoms with Gasteiger partial charge in [-0.05, 0) is 12.1 Å². The Morgan fingerprint density at radius 1 is 1.53 bits per heavy atom. The number of anilines is 1. The van der Waals surface area contributed by atoms with Crippen molar-refractivity contribution < 1.29 is 9.53 Å². The summed E-state index contributed by atoms with van der Waals surface area (Å²) in [5.74, 6) is 0.735. The van der Waals surface area contributed by atoms with Gasteiger partial charge in [0.25, 0.3) is 0 Å². The molecule has 1 heterocycles. The summed E-state index contributed by atoms with van der Waals surface area (Å²) in [5.41, 5.74) is 6.82. The molecule has 1 aromatic carbocycles. The third kappa shape index (κ3) is 2.47. The number of primary amides is 1. The van der Waals surface area contributed by atoms with E-state index in [4.69, 9.17) is 5.73 Å². The SMILES string of the molecule is Cn1c(NCCOC(N)=O)nc2ccccc21. The van der Waals surface area contributed by atoms with Crippen LogP contribution in [0.3, 0.4) is 0 Å². The molecule has 2 aromatic rings. The number of carbonyl (C=O) groups excluding carboxylic acids is 1. The van der Waals surface area contributed by atoms with E-state index in [1.807, 2.05) is 35.9 Å². The van der Waals surface area contributed by atoms with Crippen molar-refractivity contribution >= 4 is 23.1 Å². The van der Waals surface area contributed by atoms with Crippen LogP contribution in [0.1, 0.15) is 0 Å². The van der Waals surface area contributed by atoms with Crippen molar-refractivity contribution in [1.82, 2.24) is 9.55 Å². The molecular formula is C11H14N4O2. The van der Waals surface area contributed by atoms with Gasteiger partial charge in [0.2, 0.25) is 5.95 Å². The van der Waals surface area contributed by atoms with Gasteiger partial charge in [0.15, 0.2) is 0 Å². The quantitative estimate of drug-likeness (QED) is 0.775. The highest BCUT2D eigenvalue weighted by molar-refractivity contribution is 5.78. The molecule has 6 nitrogen and oxygen atoms in total. The molecule has 0 saturated carbocycles. The topological polar surface area (TPSA) is 82.2 Å². The first-order valence-electron chi connectivity index (χ1n) is 5.26. The summed E-state index contributed by atoms with van der Waals surface area (Å²) in [7, 11) is 1.92. The maximum atomic E-state index is 10.4. The van der Waals surface area contributed by atoms with Crippen LogP contribution in [-0.4, -0.2) is 28.8 Å². The van der Waals surface area contributed by atoms with E-state index in [1.165, 1.54) is 0 Å². The van der Waals surface area contributed by atoms with Crippen molar-refractivity contribution in [3.63, 3.8) is 0 Å². The molecule has 0 aliphatic carbocycles. The Labute approximate surface area is 98.4 Å². The molecule has 0 bridgehead atoms. The normalized spacial score (nSPS) is 10.4. The van der Waals surface area contributed by atoms with Gasteiger partial charge >= 0.3 is 6.09 Å². The zero-order valence-electron chi connectivity index (χ0n) is 9.51. The molecule has 1 amide bonds. The van der Waals surface area contributed by atoms with Gasteiger partial charge in [-0.15, -0.1) is 0 Å². The van der Waals surface area contributed by atoms with Crippen LogP contribution in [0.15, 0.2) is 24.3 Å². The van der Waals surface area contributed by atoms with E-state index in [0.29, 0.717) is 6.54 Å². The predicted octanol–water partition coefficient (Wildman–Crippen LogP) is 1.08. The lowest BCUT2D eigenvalue weighted by Gasteiger charge is -2.05. The molecule has 2 rings (SSSR count). The lowest BCUT2D eigenvalue weighted by Crippen LogP contribution is -2.19. The molecule has 0 unspecified atom stereocenters. The van der Waals surface area contributed by atoms with Crippen LogP contribution in [0.5, 0.6) is 0 Å². The van der Waals surface area contributed by atoms with Gasteiger partial charge in [0.05, 0.1) is 17.6 Å². The Morgan fingerprint density at radius 2 is 2.29 bits per heavy atom. The predicted molar refractivity (Wildman–Crippen MR) is 64.7 cm³/mol. The molecule has 1 aromatic heterocycles. The number of nitrogens with zero attached hydrogens (tertiary/aromatic N) is 2. The number of nitrogens with two attached hydrogens (primary N) is 1. The third-order valence-electron chi connectivity index (χ3n) is 2.42. The highest BCUT2D eigenvalue weighted by Gasteiger charge is 2.05. The van der Waals surface area contributed by atoms with Crippen LogP contribution < -0.4 is 11.1 Å². The van der Waals surface area contributed by atoms with Crippen molar-refractivity contribution in [3.8, 4) is 0 Å². The molecule has 6 heteroatoms. The largest absolute Gasteiger partial charge is 0.448 e. The fraction of sp³-hybridized carbons (Fsp3) is 0.273. The number of hydrogen-bond donors (Lipinski definition) is 2. The molecule has 0 radical (unpaired) electrons. The maximum absolute atomic E-state index is 10.4. The summed E-state index contributed by atoms with van der Waals surface area (Å²) >= 11 is 0. The van der Waals surface area contributed by atoms with Crippen LogP contribution in [0.25, 0.3) is 11.0 Å². The second kappa shape index (κ2) is 4.73. The average Bonchev–Trinajstić information content (AvgIpc) is 2.63. The minimum Gasteiger partial charge on any atom is -0.448 e. The molecular weight excluding hydrogens is 220 g/mol. The van der Waals surface area contributed by atoms with E-state index in [-0.39, 0.29) is 6.61 Å². The standard InChI is InChI=1S/C11H14N4O2/c1-15-9-5-3-2-4-8(9)14-11(15)13-6-7-17-10(12)16/h2-5H,6-7H2,1H3,(H2,12,16)(H,13,14). The summed E-state index contributed by atoms with van der Waals surface area (Å²) in [6, 6.07) is 7.84. The van der Waals surface area contributed by atoms with Crippen molar-refractivity contribution in [2.24, 2.45) is 12.8 Å². The number of nitrogens with one attached hydrogen (secondary N) is 1. The first kappa shape index (κ1) is 11.3. The molecule has 3 N–H and O–H groups in total. The summed E-state index contributed by atoms with van der Waals surface area (Å²) in [6.07, 6.45) is -0.767. The first-order valence-corrected chi connectivity index (χ1v) is 5.26. The van der Waals surface area contributed by atoms with Gasteiger partial charge in [0.1, 0.15) is 6.61 Å². The highest BCUT2D eigenvalue weighted by atomic mass is 16.5. The minimum absolute atomic E-state index is 0.221. The van der Waals surface area contributed by atoms with E-state index in [0.717, 1.165) is 17.0 Å². The number of fused-ring (bicyclic) bond motifs is 1. The summed E-state index contributed by atoms with van der Waals surface area (Å²) in [5, 5.41) is 3.08. The second-order valence-corrected chi connectivity index (χ2v) is 3.58. The Bertz CT molecular complexity index is 535. The van der Waals surface area contributed by atoms with Crippen molar-refractivity contribution in [1.29, 1.82) is 0 Å². The van der Waals surface area contributed by atoms with E-state index in [9.17, 15) is 4.79 Å². The summed E-state index contributed by atoms with van der Waals surface area (Å²) in [4.78, 5) is 14.8. The molecule has 0 fully saturated rings. The van der Waals surface area contributed by atoms with Gasteiger partial charge in [-0.1, -0.05) is 12.1 Å². The van der Waals surface area contributed by atoms with Crippen LogP contribution in [0.2, 0.25) is 0 Å². The highest BCUT2D eigenvalue weighted by Crippen LogP contribution is 2.16. The van der Waals surface area contributed by atoms with E-state index in [1.54, 1.807) is 0 Å². The van der Waals surface area contributed by atoms with Gasteiger partial charge in [-0.3, -0.25) is 0 Å². The first-order chi connectivity index (χ1) is 8.18. The molecule has 0 saturated heterocycles. The molecule has 0 spiro atoms. The zero-order valence-corrected chi connectivity index (χ0v) is 9.51. The van der Waals surface area contributed by atoms with Gasteiger partial charge < -0.3 is 20.4 Å². The van der Waals surface area contributed by atoms with Crippen molar-refractivity contribution in [2.45, 2.75) is 0 Å². The minimum atomic E-state index is -0.767. The lowest BCUT2D eigenvalue weighted by atomic mass is 10.3. The molecule has 0 atom stereocenters. The van der Waals surface area contributed by atoms with Crippen molar-refractivity contribution in [2.75, 3.05) is 18.5 Å². The Morgan fingerprint density at radius 3 is 3.00 bits per heavy atom. The number of imidazole rings is 1. The molecule has 90 valence electrons. The monoisotopic (exact) mass is 234 g/mol.